The summed E-state index contributed by atoms with van der Waals surface area (Å²) in [7, 11) is 7.64. The Balaban J connectivity index is 6.45. The van der Waals surface area contributed by atoms with Crippen LogP contribution in [0.5, 0.6) is 0 Å². The first-order valence-corrected chi connectivity index (χ1v) is 34.6. The summed E-state index contributed by atoms with van der Waals surface area (Å²) >= 11 is 0. The number of nitrogens with one attached hydrogen (secondary N) is 11. The fraction of sp³-hybridized carbons (Fsp3) is 0.897. The summed E-state index contributed by atoms with van der Waals surface area (Å²) < 4.78 is 12.8. The monoisotopic (exact) mass is 1250 g/mol. The van der Waals surface area contributed by atoms with Crippen LogP contribution in [0.25, 0.3) is 0 Å². The summed E-state index contributed by atoms with van der Waals surface area (Å²) in [5, 5.41) is 34.0. The highest BCUT2D eigenvalue weighted by atomic mass is 16.5. The molecule has 0 aliphatic rings. The van der Waals surface area contributed by atoms with E-state index >= 15 is 0 Å². The summed E-state index contributed by atoms with van der Waals surface area (Å²) in [5.41, 5.74) is -0.840. The molecule has 88 heavy (non-hydrogen) atoms. The standard InChI is InChI=1S/C68H135N11O9/c1-17-68(12,18-2)50-88-67(10,11)39-48-87-66(8,9)38-47-76-64(85)57(78-65(86)58(79-62(83)55(7)34-22-28-43-72-16)49-51(3)37-46-75-60(81)53(5)32-20-26-41-70-14)36-24-30-45-74-63(84)56(77-61(82)54(6)33-21-27-42-71-15)35-23-29-44-73-59(80)52(4)31-19-25-40-69-13/h51-58,69-72H,17-50H2,1-16H3,(H,73,80)(H,74,84)(H,75,81)(H,76,85)(H,77,82)(H,78,86)(H,79,83)/t51-,52?,53?,54?,55?,56?,57?,58?/m0/s1. The third-order valence-electron chi connectivity index (χ3n) is 17.7. The van der Waals surface area contributed by atoms with Gasteiger partial charge in [-0.3, -0.25) is 33.6 Å². The summed E-state index contributed by atoms with van der Waals surface area (Å²) in [6, 6.07) is -2.68. The van der Waals surface area contributed by atoms with Crippen molar-refractivity contribution in [2.24, 2.45) is 35.0 Å². The third-order valence-corrected chi connectivity index (χ3v) is 17.7. The predicted octanol–water partition coefficient (Wildman–Crippen LogP) is 7.96. The number of carbonyl (C=O) groups is 7. The smallest absolute Gasteiger partial charge is 0.243 e. The number of rotatable bonds is 57. The maximum atomic E-state index is 14.6. The van der Waals surface area contributed by atoms with E-state index in [1.54, 1.807) is 0 Å². The van der Waals surface area contributed by atoms with Crippen molar-refractivity contribution in [2.75, 3.05) is 93.8 Å². The first kappa shape index (κ1) is 84.0. The summed E-state index contributed by atoms with van der Waals surface area (Å²) in [5.74, 6) is -2.42. The van der Waals surface area contributed by atoms with Gasteiger partial charge in [-0.05, 0) is 222 Å². The second kappa shape index (κ2) is 49.7. The lowest BCUT2D eigenvalue weighted by Crippen LogP contribution is -2.55. The van der Waals surface area contributed by atoms with Crippen molar-refractivity contribution in [2.45, 2.75) is 267 Å². The molecule has 20 heteroatoms. The highest BCUT2D eigenvalue weighted by Gasteiger charge is 2.32. The minimum atomic E-state index is -0.965. The van der Waals surface area contributed by atoms with Gasteiger partial charge >= 0.3 is 0 Å². The Hall–Kier alpha value is -3.95. The third kappa shape index (κ3) is 41.4. The number of amides is 7. The molecule has 0 rings (SSSR count). The molecular weight excluding hydrogens is 1110 g/mol. The maximum absolute atomic E-state index is 14.6. The Morgan fingerprint density at radius 3 is 1.11 bits per heavy atom. The van der Waals surface area contributed by atoms with Crippen LogP contribution in [0.4, 0.5) is 0 Å². The average Bonchev–Trinajstić information content (AvgIpc) is 2.77. The van der Waals surface area contributed by atoms with Crippen LogP contribution in [0, 0.1) is 35.0 Å². The molecule has 0 heterocycles. The van der Waals surface area contributed by atoms with Crippen LogP contribution in [-0.2, 0) is 43.0 Å². The van der Waals surface area contributed by atoms with Gasteiger partial charge in [-0.2, -0.15) is 0 Å². The fourth-order valence-electron chi connectivity index (χ4n) is 10.2. The Morgan fingerprint density at radius 2 is 0.693 bits per heavy atom. The molecule has 0 aliphatic heterocycles. The van der Waals surface area contributed by atoms with Crippen LogP contribution in [0.1, 0.15) is 237 Å². The predicted molar refractivity (Wildman–Crippen MR) is 360 cm³/mol. The van der Waals surface area contributed by atoms with Gasteiger partial charge in [0.05, 0.1) is 24.4 Å². The molecule has 11 N–H and O–H groups in total. The number of carbonyl (C=O) groups excluding carboxylic acids is 7. The van der Waals surface area contributed by atoms with Crippen molar-refractivity contribution in [3.63, 3.8) is 0 Å². The topological polar surface area (TPSA) is 270 Å². The molecule has 8 atom stereocenters. The molecule has 0 aromatic heterocycles. The first-order valence-electron chi connectivity index (χ1n) is 34.6. The zero-order chi connectivity index (χ0) is 66.4. The second-order valence-electron chi connectivity index (χ2n) is 27.1. The van der Waals surface area contributed by atoms with E-state index in [2.05, 4.69) is 93.1 Å². The van der Waals surface area contributed by atoms with Gasteiger partial charge in [-0.1, -0.05) is 81.1 Å². The quantitative estimate of drug-likeness (QED) is 0.0258. The molecule has 0 aliphatic carbocycles. The lowest BCUT2D eigenvalue weighted by Gasteiger charge is -2.34. The Kier molecular flexibility index (Phi) is 47.5. The zero-order valence-electron chi connectivity index (χ0n) is 58.8. The molecule has 0 aromatic carbocycles. The van der Waals surface area contributed by atoms with E-state index in [9.17, 15) is 33.6 Å². The fourth-order valence-corrected chi connectivity index (χ4v) is 10.2. The van der Waals surface area contributed by atoms with Gasteiger partial charge in [0.1, 0.15) is 18.1 Å². The van der Waals surface area contributed by atoms with Gasteiger partial charge in [-0.15, -0.1) is 0 Å². The Labute approximate surface area is 536 Å². The van der Waals surface area contributed by atoms with E-state index in [1.165, 1.54) is 0 Å². The highest BCUT2D eigenvalue weighted by Crippen LogP contribution is 2.29. The Morgan fingerprint density at radius 1 is 0.352 bits per heavy atom. The van der Waals surface area contributed by atoms with Crippen molar-refractivity contribution >= 4 is 41.4 Å². The van der Waals surface area contributed by atoms with E-state index in [0.717, 1.165) is 103 Å². The molecule has 0 aromatic rings. The molecule has 0 saturated heterocycles. The van der Waals surface area contributed by atoms with Gasteiger partial charge in [0, 0.05) is 49.9 Å². The zero-order valence-corrected chi connectivity index (χ0v) is 58.8. The number of unbranched alkanes of at least 4 members (excludes halogenated alkanes) is 6. The van der Waals surface area contributed by atoms with E-state index in [1.807, 2.05) is 76.7 Å². The maximum Gasteiger partial charge on any atom is 0.243 e. The molecule has 0 saturated carbocycles. The van der Waals surface area contributed by atoms with Crippen LogP contribution in [0.3, 0.4) is 0 Å². The molecule has 7 unspecified atom stereocenters. The minimum absolute atomic E-state index is 0.000812. The van der Waals surface area contributed by atoms with Gasteiger partial charge < -0.3 is 68.0 Å². The van der Waals surface area contributed by atoms with E-state index in [-0.39, 0.29) is 95.6 Å². The number of hydrogen-bond donors (Lipinski definition) is 11. The molecule has 0 bridgehead atoms. The molecule has 7 amide bonds. The van der Waals surface area contributed by atoms with E-state index < -0.39 is 29.6 Å². The molecule has 20 nitrogen and oxygen atoms in total. The van der Waals surface area contributed by atoms with Crippen LogP contribution in [0.2, 0.25) is 0 Å². The molecular formula is C68H135N11O9. The lowest BCUT2D eigenvalue weighted by atomic mass is 9.85. The van der Waals surface area contributed by atoms with Crippen molar-refractivity contribution in [1.82, 2.24) is 58.5 Å². The lowest BCUT2D eigenvalue weighted by molar-refractivity contribution is -0.133. The average molecular weight is 1250 g/mol. The number of ether oxygens (including phenoxy) is 2. The molecule has 516 valence electrons. The molecule has 0 fully saturated rings. The van der Waals surface area contributed by atoms with Crippen molar-refractivity contribution in [1.29, 1.82) is 0 Å². The number of hydrogen-bond acceptors (Lipinski definition) is 13. The van der Waals surface area contributed by atoms with E-state index in [0.29, 0.717) is 96.9 Å². The van der Waals surface area contributed by atoms with E-state index in [4.69, 9.17) is 9.47 Å². The normalized spacial score (nSPS) is 14.8. The van der Waals surface area contributed by atoms with Crippen LogP contribution >= 0.6 is 0 Å². The van der Waals surface area contributed by atoms with Gasteiger partial charge in [0.15, 0.2) is 0 Å². The summed E-state index contributed by atoms with van der Waals surface area (Å²) in [6.07, 6.45) is 17.5. The van der Waals surface area contributed by atoms with Gasteiger partial charge in [-0.25, -0.2) is 0 Å². The van der Waals surface area contributed by atoms with Crippen molar-refractivity contribution < 1.29 is 43.0 Å². The summed E-state index contributed by atoms with van der Waals surface area (Å²) in [4.78, 5) is 96.0. The first-order chi connectivity index (χ1) is 41.7. The minimum Gasteiger partial charge on any atom is -0.375 e. The largest absolute Gasteiger partial charge is 0.375 e. The van der Waals surface area contributed by atoms with Crippen LogP contribution in [-0.4, -0.2) is 164 Å². The highest BCUT2D eigenvalue weighted by molar-refractivity contribution is 5.92. The second-order valence-corrected chi connectivity index (χ2v) is 27.1. The van der Waals surface area contributed by atoms with Gasteiger partial charge in [0.25, 0.3) is 0 Å². The Bertz CT molecular complexity index is 1890. The van der Waals surface area contributed by atoms with Crippen molar-refractivity contribution in [3.05, 3.63) is 0 Å². The van der Waals surface area contributed by atoms with Crippen LogP contribution in [0.15, 0.2) is 0 Å². The summed E-state index contributed by atoms with van der Waals surface area (Å²) in [6.45, 7) is 30.6. The SMILES string of the molecule is CCC(C)(CC)COC(C)(C)CCOC(C)(C)CCNC(=O)C(CCCCNC(=O)C(CCCCNC(=O)C(C)CCCCNC)NC(=O)C(C)CCCCNC)NC(=O)C(C[C@@H](C)CCNC(=O)C(C)CCCCNC)NC(=O)C(C)CCCCNC. The van der Waals surface area contributed by atoms with Crippen molar-refractivity contribution in [3.8, 4) is 0 Å². The van der Waals surface area contributed by atoms with Crippen LogP contribution < -0.4 is 58.5 Å². The molecule has 0 radical (unpaired) electrons. The molecule has 0 spiro atoms. The van der Waals surface area contributed by atoms with Gasteiger partial charge in [0.2, 0.25) is 41.4 Å².